The van der Waals surface area contributed by atoms with E-state index in [1.165, 1.54) is 0 Å². The van der Waals surface area contributed by atoms with Crippen LogP contribution in [0.3, 0.4) is 0 Å². The predicted molar refractivity (Wildman–Crippen MR) is 106 cm³/mol. The molecule has 2 N–H and O–H groups in total. The maximum atomic E-state index is 12.5. The average molecular weight is 364 g/mol. The molecule has 2 aromatic carbocycles. The van der Waals surface area contributed by atoms with E-state index in [0.29, 0.717) is 11.3 Å². The van der Waals surface area contributed by atoms with Crippen LogP contribution in [0.2, 0.25) is 0 Å². The summed E-state index contributed by atoms with van der Waals surface area (Å²) in [5.74, 6) is -0.461. The van der Waals surface area contributed by atoms with E-state index in [4.69, 9.17) is 5.26 Å². The van der Waals surface area contributed by atoms with E-state index in [1.807, 2.05) is 37.3 Å². The number of hydrogen-bond acceptors (Lipinski definition) is 4. The van der Waals surface area contributed by atoms with E-state index in [0.717, 1.165) is 17.7 Å². The minimum Gasteiger partial charge on any atom is -0.325 e. The summed E-state index contributed by atoms with van der Waals surface area (Å²) in [5.41, 5.74) is 2.71. The fourth-order valence-corrected chi connectivity index (χ4v) is 2.63. The number of nitrogens with zero attached hydrogens (tertiary/aromatic N) is 2. The third-order valence-corrected chi connectivity index (χ3v) is 4.41. The lowest BCUT2D eigenvalue weighted by Crippen LogP contribution is -2.43. The number of benzene rings is 2. The largest absolute Gasteiger partial charge is 0.325 e. The van der Waals surface area contributed by atoms with E-state index >= 15 is 0 Å². The first kappa shape index (κ1) is 20.1. The van der Waals surface area contributed by atoms with Gasteiger partial charge in [-0.3, -0.25) is 14.5 Å². The number of aryl methyl sites for hydroxylation is 1. The fraction of sp³-hybridized carbons (Fsp3) is 0.286. The van der Waals surface area contributed by atoms with Gasteiger partial charge in [0.25, 0.3) is 0 Å². The summed E-state index contributed by atoms with van der Waals surface area (Å²) in [4.78, 5) is 26.5. The molecule has 0 saturated carbocycles. The molecule has 0 aliphatic rings. The SMILES string of the molecule is CCc1ccccc1NC(=O)CN(C)[C@@H](C)C(=O)Nc1ccccc1C#N. The normalized spacial score (nSPS) is 11.5. The Morgan fingerprint density at radius 2 is 1.70 bits per heavy atom. The highest BCUT2D eigenvalue weighted by Crippen LogP contribution is 2.16. The molecule has 2 aromatic rings. The molecular formula is C21H24N4O2. The highest BCUT2D eigenvalue weighted by molar-refractivity contribution is 5.97. The predicted octanol–water partition coefficient (Wildman–Crippen LogP) is 3.02. The number of para-hydroxylation sites is 2. The zero-order valence-electron chi connectivity index (χ0n) is 15.8. The van der Waals surface area contributed by atoms with Crippen LogP contribution in [-0.2, 0) is 16.0 Å². The van der Waals surface area contributed by atoms with E-state index in [9.17, 15) is 9.59 Å². The zero-order chi connectivity index (χ0) is 19.8. The van der Waals surface area contributed by atoms with Gasteiger partial charge in [-0.15, -0.1) is 0 Å². The van der Waals surface area contributed by atoms with Crippen molar-refractivity contribution in [1.29, 1.82) is 5.26 Å². The summed E-state index contributed by atoms with van der Waals surface area (Å²) in [6, 6.07) is 16.0. The Labute approximate surface area is 159 Å². The van der Waals surface area contributed by atoms with Crippen molar-refractivity contribution in [3.05, 3.63) is 59.7 Å². The van der Waals surface area contributed by atoms with E-state index in [1.54, 1.807) is 43.1 Å². The molecule has 6 nitrogen and oxygen atoms in total. The number of likely N-dealkylation sites (N-methyl/N-ethyl adjacent to an activating group) is 1. The van der Waals surface area contributed by atoms with Crippen molar-refractivity contribution in [1.82, 2.24) is 4.90 Å². The highest BCUT2D eigenvalue weighted by Gasteiger charge is 2.21. The number of carbonyl (C=O) groups is 2. The lowest BCUT2D eigenvalue weighted by atomic mass is 10.1. The van der Waals surface area contributed by atoms with Gasteiger partial charge in [-0.2, -0.15) is 5.26 Å². The molecule has 2 rings (SSSR count). The van der Waals surface area contributed by atoms with Gasteiger partial charge in [-0.05, 0) is 44.2 Å². The summed E-state index contributed by atoms with van der Waals surface area (Å²) >= 11 is 0. The topological polar surface area (TPSA) is 85.2 Å². The van der Waals surface area contributed by atoms with Gasteiger partial charge >= 0.3 is 0 Å². The Kier molecular flexibility index (Phi) is 7.09. The van der Waals surface area contributed by atoms with Gasteiger partial charge in [-0.1, -0.05) is 37.3 Å². The lowest BCUT2D eigenvalue weighted by Gasteiger charge is -2.23. The Morgan fingerprint density at radius 1 is 1.07 bits per heavy atom. The smallest absolute Gasteiger partial charge is 0.241 e. The molecule has 2 amide bonds. The highest BCUT2D eigenvalue weighted by atomic mass is 16.2. The molecule has 140 valence electrons. The van der Waals surface area contributed by atoms with Gasteiger partial charge in [0.1, 0.15) is 6.07 Å². The maximum absolute atomic E-state index is 12.5. The van der Waals surface area contributed by atoms with Gasteiger partial charge in [0.05, 0.1) is 23.8 Å². The molecule has 0 fully saturated rings. The van der Waals surface area contributed by atoms with Gasteiger partial charge in [0, 0.05) is 5.69 Å². The molecule has 0 aromatic heterocycles. The Morgan fingerprint density at radius 3 is 2.37 bits per heavy atom. The first-order valence-corrected chi connectivity index (χ1v) is 8.84. The van der Waals surface area contributed by atoms with Crippen LogP contribution in [0, 0.1) is 11.3 Å². The second kappa shape index (κ2) is 9.51. The summed E-state index contributed by atoms with van der Waals surface area (Å²) in [6.45, 7) is 3.83. The number of hydrogen-bond donors (Lipinski definition) is 2. The van der Waals surface area contributed by atoms with Crippen LogP contribution in [-0.4, -0.2) is 36.3 Å². The number of amides is 2. The van der Waals surface area contributed by atoms with Crippen LogP contribution in [0.25, 0.3) is 0 Å². The summed E-state index contributed by atoms with van der Waals surface area (Å²) in [5, 5.41) is 14.8. The van der Waals surface area contributed by atoms with E-state index in [-0.39, 0.29) is 18.4 Å². The molecule has 0 heterocycles. The van der Waals surface area contributed by atoms with Crippen molar-refractivity contribution in [3.8, 4) is 6.07 Å². The monoisotopic (exact) mass is 364 g/mol. The molecule has 0 saturated heterocycles. The van der Waals surface area contributed by atoms with Crippen LogP contribution >= 0.6 is 0 Å². The second-order valence-electron chi connectivity index (χ2n) is 6.30. The number of rotatable bonds is 7. The summed E-state index contributed by atoms with van der Waals surface area (Å²) in [6.07, 6.45) is 0.823. The van der Waals surface area contributed by atoms with Crippen molar-refractivity contribution in [2.45, 2.75) is 26.3 Å². The number of nitrogens with one attached hydrogen (secondary N) is 2. The first-order chi connectivity index (χ1) is 13.0. The summed E-state index contributed by atoms with van der Waals surface area (Å²) in [7, 11) is 1.71. The number of nitriles is 1. The molecule has 1 atom stereocenters. The first-order valence-electron chi connectivity index (χ1n) is 8.84. The molecular weight excluding hydrogens is 340 g/mol. The minimum absolute atomic E-state index is 0.0759. The minimum atomic E-state index is -0.538. The fourth-order valence-electron chi connectivity index (χ4n) is 2.63. The third-order valence-electron chi connectivity index (χ3n) is 4.41. The average Bonchev–Trinajstić information content (AvgIpc) is 2.68. The van der Waals surface area contributed by atoms with Crippen molar-refractivity contribution in [2.24, 2.45) is 0 Å². The number of anilines is 2. The van der Waals surface area contributed by atoms with Crippen molar-refractivity contribution < 1.29 is 9.59 Å². The summed E-state index contributed by atoms with van der Waals surface area (Å²) < 4.78 is 0. The van der Waals surface area contributed by atoms with Gasteiger partial charge in [0.15, 0.2) is 0 Å². The lowest BCUT2D eigenvalue weighted by molar-refractivity contribution is -0.122. The van der Waals surface area contributed by atoms with Crippen molar-refractivity contribution >= 4 is 23.2 Å². The van der Waals surface area contributed by atoms with E-state index < -0.39 is 6.04 Å². The molecule has 0 aliphatic carbocycles. The molecule has 27 heavy (non-hydrogen) atoms. The third kappa shape index (κ3) is 5.40. The Balaban J connectivity index is 1.96. The Bertz CT molecular complexity index is 857. The maximum Gasteiger partial charge on any atom is 0.241 e. The number of carbonyl (C=O) groups excluding carboxylic acids is 2. The van der Waals surface area contributed by atoms with Crippen LogP contribution in [0.4, 0.5) is 11.4 Å². The molecule has 0 aliphatic heterocycles. The van der Waals surface area contributed by atoms with Crippen LogP contribution < -0.4 is 10.6 Å². The van der Waals surface area contributed by atoms with Crippen molar-refractivity contribution in [2.75, 3.05) is 24.2 Å². The van der Waals surface area contributed by atoms with E-state index in [2.05, 4.69) is 10.6 Å². The molecule has 0 spiro atoms. The van der Waals surface area contributed by atoms with Crippen LogP contribution in [0.15, 0.2) is 48.5 Å². The van der Waals surface area contributed by atoms with Gasteiger partial charge in [-0.25, -0.2) is 0 Å². The van der Waals surface area contributed by atoms with Crippen LogP contribution in [0.5, 0.6) is 0 Å². The molecule has 0 unspecified atom stereocenters. The van der Waals surface area contributed by atoms with Crippen LogP contribution in [0.1, 0.15) is 25.0 Å². The van der Waals surface area contributed by atoms with Gasteiger partial charge < -0.3 is 10.6 Å². The van der Waals surface area contributed by atoms with Crippen molar-refractivity contribution in [3.63, 3.8) is 0 Å². The zero-order valence-corrected chi connectivity index (χ0v) is 15.8. The second-order valence-corrected chi connectivity index (χ2v) is 6.30. The Hall–Kier alpha value is -3.17. The quantitative estimate of drug-likeness (QED) is 0.791. The standard InChI is InChI=1S/C21H24N4O2/c1-4-16-9-5-7-11-18(16)23-20(26)14-25(3)15(2)21(27)24-19-12-8-6-10-17(19)13-22/h5-12,15H,4,14H2,1-3H3,(H,23,26)(H,24,27)/t15-/m0/s1. The molecule has 0 bridgehead atoms. The molecule has 0 radical (unpaired) electrons. The van der Waals surface area contributed by atoms with Gasteiger partial charge in [0.2, 0.25) is 11.8 Å². The molecule has 6 heteroatoms.